The molecule has 0 saturated carbocycles. The number of methoxy groups -OCH3 is 1. The van der Waals surface area contributed by atoms with Crippen molar-refractivity contribution in [3.63, 3.8) is 0 Å². The predicted octanol–water partition coefficient (Wildman–Crippen LogP) is 3.56. The lowest BCUT2D eigenvalue weighted by molar-refractivity contribution is -0.112. The van der Waals surface area contributed by atoms with Gasteiger partial charge >= 0.3 is 0 Å². The highest BCUT2D eigenvalue weighted by molar-refractivity contribution is 6.09. The lowest BCUT2D eigenvalue weighted by atomic mass is 10.0. The molecule has 0 atom stereocenters. The Morgan fingerprint density at radius 3 is 2.29 bits per heavy atom. The zero-order valence-electron chi connectivity index (χ0n) is 13.8. The predicted molar refractivity (Wildman–Crippen MR) is 92.8 cm³/mol. The maximum absolute atomic E-state index is 12.3. The first kappa shape index (κ1) is 17.1. The van der Waals surface area contributed by atoms with Crippen LogP contribution in [-0.4, -0.2) is 18.1 Å². The Hall–Kier alpha value is -3.26. The van der Waals surface area contributed by atoms with Crippen LogP contribution in [0.5, 0.6) is 11.5 Å². The molecule has 0 radical (unpaired) electrons. The van der Waals surface area contributed by atoms with Crippen molar-refractivity contribution in [2.24, 2.45) is 0 Å². The molecule has 0 bridgehead atoms. The molecule has 2 rings (SSSR count). The van der Waals surface area contributed by atoms with Crippen LogP contribution in [0.1, 0.15) is 16.7 Å². The van der Waals surface area contributed by atoms with E-state index in [4.69, 9.17) is 4.74 Å². The SMILES string of the molecule is COc1ccc(NC(=O)C(C#N)=Cc2cc(C)c(O)c(C)c2)cc1. The first-order valence-electron chi connectivity index (χ1n) is 7.32. The average Bonchev–Trinajstić information content (AvgIpc) is 2.58. The van der Waals surface area contributed by atoms with Crippen molar-refractivity contribution in [2.75, 3.05) is 12.4 Å². The molecule has 24 heavy (non-hydrogen) atoms. The maximum atomic E-state index is 12.3. The van der Waals surface area contributed by atoms with E-state index in [0.29, 0.717) is 28.1 Å². The van der Waals surface area contributed by atoms with Crippen molar-refractivity contribution in [1.29, 1.82) is 5.26 Å². The van der Waals surface area contributed by atoms with E-state index in [1.165, 1.54) is 6.08 Å². The van der Waals surface area contributed by atoms with Crippen molar-refractivity contribution in [2.45, 2.75) is 13.8 Å². The first-order valence-corrected chi connectivity index (χ1v) is 7.32. The van der Waals surface area contributed by atoms with Crippen LogP contribution in [0.3, 0.4) is 0 Å². The molecule has 0 heterocycles. The number of rotatable bonds is 4. The Morgan fingerprint density at radius 2 is 1.79 bits per heavy atom. The molecule has 0 aliphatic heterocycles. The van der Waals surface area contributed by atoms with E-state index in [9.17, 15) is 15.2 Å². The van der Waals surface area contributed by atoms with Gasteiger partial charge in [0.2, 0.25) is 0 Å². The molecule has 1 amide bonds. The maximum Gasteiger partial charge on any atom is 0.266 e. The molecule has 5 nitrogen and oxygen atoms in total. The summed E-state index contributed by atoms with van der Waals surface area (Å²) in [5.41, 5.74) is 2.61. The van der Waals surface area contributed by atoms with E-state index in [1.807, 2.05) is 6.07 Å². The van der Waals surface area contributed by atoms with Crippen LogP contribution < -0.4 is 10.1 Å². The highest BCUT2D eigenvalue weighted by Gasteiger charge is 2.11. The molecule has 0 aliphatic carbocycles. The number of benzene rings is 2. The molecular weight excluding hydrogens is 304 g/mol. The lowest BCUT2D eigenvalue weighted by Crippen LogP contribution is -2.13. The third kappa shape index (κ3) is 3.93. The Balaban J connectivity index is 2.23. The molecule has 0 spiro atoms. The topological polar surface area (TPSA) is 82.3 Å². The van der Waals surface area contributed by atoms with Gasteiger partial charge in [0.05, 0.1) is 7.11 Å². The molecule has 122 valence electrons. The van der Waals surface area contributed by atoms with Gasteiger partial charge in [-0.2, -0.15) is 5.26 Å². The van der Waals surface area contributed by atoms with Gasteiger partial charge in [-0.05, 0) is 73.0 Å². The summed E-state index contributed by atoms with van der Waals surface area (Å²) in [6, 6.07) is 12.2. The molecule has 0 saturated heterocycles. The van der Waals surface area contributed by atoms with Gasteiger partial charge < -0.3 is 15.2 Å². The summed E-state index contributed by atoms with van der Waals surface area (Å²) in [4.78, 5) is 12.3. The number of ether oxygens (including phenoxy) is 1. The fourth-order valence-corrected chi connectivity index (χ4v) is 2.26. The van der Waals surface area contributed by atoms with E-state index < -0.39 is 5.91 Å². The second-order valence-corrected chi connectivity index (χ2v) is 5.36. The van der Waals surface area contributed by atoms with Gasteiger partial charge in [0.1, 0.15) is 23.1 Å². The quantitative estimate of drug-likeness (QED) is 0.666. The fourth-order valence-electron chi connectivity index (χ4n) is 2.26. The molecule has 0 fully saturated rings. The molecule has 2 aromatic carbocycles. The van der Waals surface area contributed by atoms with Crippen LogP contribution >= 0.6 is 0 Å². The van der Waals surface area contributed by atoms with Gasteiger partial charge in [0.25, 0.3) is 5.91 Å². The normalized spacial score (nSPS) is 10.8. The van der Waals surface area contributed by atoms with Gasteiger partial charge in [-0.15, -0.1) is 0 Å². The molecule has 0 aliphatic rings. The second-order valence-electron chi connectivity index (χ2n) is 5.36. The van der Waals surface area contributed by atoms with Crippen LogP contribution in [0.4, 0.5) is 5.69 Å². The van der Waals surface area contributed by atoms with E-state index in [-0.39, 0.29) is 11.3 Å². The largest absolute Gasteiger partial charge is 0.507 e. The number of hydrogen-bond donors (Lipinski definition) is 2. The molecule has 2 aromatic rings. The van der Waals surface area contributed by atoms with Crippen molar-refractivity contribution < 1.29 is 14.6 Å². The Morgan fingerprint density at radius 1 is 1.21 bits per heavy atom. The van der Waals surface area contributed by atoms with Crippen molar-refractivity contribution in [3.8, 4) is 17.6 Å². The number of nitrogens with one attached hydrogen (secondary N) is 1. The number of aryl methyl sites for hydroxylation is 2. The highest BCUT2D eigenvalue weighted by atomic mass is 16.5. The fraction of sp³-hybridized carbons (Fsp3) is 0.158. The Kier molecular flexibility index (Phi) is 5.23. The molecule has 0 unspecified atom stereocenters. The van der Waals surface area contributed by atoms with Crippen molar-refractivity contribution in [1.82, 2.24) is 0 Å². The number of anilines is 1. The van der Waals surface area contributed by atoms with E-state index >= 15 is 0 Å². The van der Waals surface area contributed by atoms with Gasteiger partial charge in [-0.3, -0.25) is 4.79 Å². The van der Waals surface area contributed by atoms with Crippen molar-refractivity contribution in [3.05, 3.63) is 58.7 Å². The van der Waals surface area contributed by atoms with E-state index in [1.54, 1.807) is 57.4 Å². The lowest BCUT2D eigenvalue weighted by Gasteiger charge is -2.07. The van der Waals surface area contributed by atoms with Crippen molar-refractivity contribution >= 4 is 17.7 Å². The van der Waals surface area contributed by atoms with Crippen LogP contribution in [-0.2, 0) is 4.79 Å². The summed E-state index contributed by atoms with van der Waals surface area (Å²) in [7, 11) is 1.56. The van der Waals surface area contributed by atoms with Gasteiger partial charge in [0, 0.05) is 5.69 Å². The summed E-state index contributed by atoms with van der Waals surface area (Å²) < 4.78 is 5.06. The number of carbonyl (C=O) groups is 1. The van der Waals surface area contributed by atoms with Crippen LogP contribution in [0.15, 0.2) is 42.0 Å². The minimum Gasteiger partial charge on any atom is -0.507 e. The number of amides is 1. The molecule has 5 heteroatoms. The summed E-state index contributed by atoms with van der Waals surface area (Å²) >= 11 is 0. The van der Waals surface area contributed by atoms with Crippen LogP contribution in [0.25, 0.3) is 6.08 Å². The summed E-state index contributed by atoms with van der Waals surface area (Å²) in [5.74, 6) is 0.401. The summed E-state index contributed by atoms with van der Waals surface area (Å²) in [5, 5.41) is 21.7. The first-order chi connectivity index (χ1) is 11.4. The smallest absolute Gasteiger partial charge is 0.266 e. The number of aromatic hydroxyl groups is 1. The summed E-state index contributed by atoms with van der Waals surface area (Å²) in [6.07, 6.45) is 1.50. The number of phenols is 1. The Bertz CT molecular complexity index is 808. The number of hydrogen-bond acceptors (Lipinski definition) is 4. The third-order valence-corrected chi connectivity index (χ3v) is 3.54. The number of carbonyl (C=O) groups excluding carboxylic acids is 1. The zero-order valence-corrected chi connectivity index (χ0v) is 13.8. The third-order valence-electron chi connectivity index (χ3n) is 3.54. The van der Waals surface area contributed by atoms with Crippen LogP contribution in [0.2, 0.25) is 0 Å². The Labute approximate surface area is 140 Å². The average molecular weight is 322 g/mol. The number of phenolic OH excluding ortho intramolecular Hbond substituents is 1. The van der Waals surface area contributed by atoms with Gasteiger partial charge in [-0.1, -0.05) is 0 Å². The monoisotopic (exact) mass is 322 g/mol. The van der Waals surface area contributed by atoms with Crippen LogP contribution in [0, 0.1) is 25.2 Å². The van der Waals surface area contributed by atoms with E-state index in [0.717, 1.165) is 0 Å². The highest BCUT2D eigenvalue weighted by Crippen LogP contribution is 2.24. The van der Waals surface area contributed by atoms with Gasteiger partial charge in [-0.25, -0.2) is 0 Å². The standard InChI is InChI=1S/C19H18N2O3/c1-12-8-14(9-13(2)18(12)22)10-15(11-20)19(23)21-16-4-6-17(24-3)7-5-16/h4-10,22H,1-3H3,(H,21,23). The minimum absolute atomic E-state index is 0.0182. The number of nitriles is 1. The molecular formula is C19H18N2O3. The number of nitrogens with zero attached hydrogens (tertiary/aromatic N) is 1. The summed E-state index contributed by atoms with van der Waals surface area (Å²) in [6.45, 7) is 3.53. The second kappa shape index (κ2) is 7.34. The zero-order chi connectivity index (χ0) is 17.7. The molecule has 0 aromatic heterocycles. The molecule has 2 N–H and O–H groups in total. The van der Waals surface area contributed by atoms with Gasteiger partial charge in [0.15, 0.2) is 0 Å². The minimum atomic E-state index is -0.494. The van der Waals surface area contributed by atoms with E-state index in [2.05, 4.69) is 5.32 Å².